The number of thioether (sulfide) groups is 1. The fraction of sp³-hybridized carbons (Fsp3) is 0.158. The third-order valence-corrected chi connectivity index (χ3v) is 5.31. The van der Waals surface area contributed by atoms with Crippen LogP contribution in [0.5, 0.6) is 0 Å². The van der Waals surface area contributed by atoms with Crippen molar-refractivity contribution in [1.29, 1.82) is 0 Å². The van der Waals surface area contributed by atoms with Crippen molar-refractivity contribution in [1.82, 2.24) is 20.2 Å². The summed E-state index contributed by atoms with van der Waals surface area (Å²) in [7, 11) is 0. The zero-order valence-electron chi connectivity index (χ0n) is 15.7. The van der Waals surface area contributed by atoms with Crippen molar-refractivity contribution in [3.8, 4) is 11.5 Å². The van der Waals surface area contributed by atoms with Crippen LogP contribution in [0.4, 0.5) is 18.9 Å². The summed E-state index contributed by atoms with van der Waals surface area (Å²) in [6.07, 6.45) is -4.68. The average molecular weight is 447 g/mol. The van der Waals surface area contributed by atoms with Crippen LogP contribution in [0.2, 0.25) is 0 Å². The molecule has 158 valence electrons. The van der Waals surface area contributed by atoms with Crippen LogP contribution in [0.3, 0.4) is 0 Å². The monoisotopic (exact) mass is 447 g/mol. The molecule has 0 unspecified atom stereocenters. The Balaban J connectivity index is 1.62. The second-order valence-electron chi connectivity index (χ2n) is 6.38. The second-order valence-corrected chi connectivity index (χ2v) is 7.71. The van der Waals surface area contributed by atoms with Crippen molar-refractivity contribution >= 4 is 28.4 Å². The maximum absolute atomic E-state index is 13.2. The first-order chi connectivity index (χ1) is 14.7. The summed E-state index contributed by atoms with van der Waals surface area (Å²) in [5.74, 6) is -0.909. The molecule has 0 saturated heterocycles. The smallest absolute Gasteiger partial charge is 0.419 e. The molecule has 0 saturated carbocycles. The molecule has 12 heteroatoms. The van der Waals surface area contributed by atoms with E-state index in [9.17, 15) is 23.3 Å². The Labute approximate surface area is 176 Å². The average Bonchev–Trinajstić information content (AvgIpc) is 3.23. The van der Waals surface area contributed by atoms with Crippen molar-refractivity contribution in [3.63, 3.8) is 0 Å². The molecule has 0 amide bonds. The quantitative estimate of drug-likeness (QED) is 0.172. The van der Waals surface area contributed by atoms with Gasteiger partial charge in [0.25, 0.3) is 5.69 Å². The fourth-order valence-electron chi connectivity index (χ4n) is 2.72. The number of hydrogen-bond donors (Lipinski definition) is 0. The fourth-order valence-corrected chi connectivity index (χ4v) is 3.69. The highest BCUT2D eigenvalue weighted by Crippen LogP contribution is 2.39. The number of halogens is 3. The van der Waals surface area contributed by atoms with Crippen LogP contribution in [0, 0.1) is 10.1 Å². The van der Waals surface area contributed by atoms with Gasteiger partial charge in [0.1, 0.15) is 5.03 Å². The van der Waals surface area contributed by atoms with Gasteiger partial charge >= 0.3 is 6.18 Å². The van der Waals surface area contributed by atoms with Crippen LogP contribution >= 0.6 is 11.8 Å². The van der Waals surface area contributed by atoms with Crippen molar-refractivity contribution < 1.29 is 22.5 Å². The van der Waals surface area contributed by atoms with E-state index in [1.54, 1.807) is 25.1 Å². The standard InChI is InChI=1S/C19H12F3N5O3S/c1-10(15-25-26-16(30-15)11-6-8-12(9-7-11)27(28)29)31-17-13-4-2-3-5-14(13)23-18(24-17)19(20,21)22/h2-10H,1H3/t10-/m1/s1. The third kappa shape index (κ3) is 4.33. The summed E-state index contributed by atoms with van der Waals surface area (Å²) in [6.45, 7) is 1.70. The molecule has 4 aromatic rings. The van der Waals surface area contributed by atoms with Crippen LogP contribution in [-0.2, 0) is 6.18 Å². The highest BCUT2D eigenvalue weighted by Gasteiger charge is 2.36. The van der Waals surface area contributed by atoms with Gasteiger partial charge in [0.15, 0.2) is 0 Å². The van der Waals surface area contributed by atoms with E-state index < -0.39 is 22.2 Å². The lowest BCUT2D eigenvalue weighted by atomic mass is 10.2. The van der Waals surface area contributed by atoms with Gasteiger partial charge in [-0.1, -0.05) is 30.0 Å². The minimum atomic E-state index is -4.68. The Morgan fingerprint density at radius 1 is 1.06 bits per heavy atom. The number of hydrogen-bond acceptors (Lipinski definition) is 8. The molecular weight excluding hydrogens is 435 g/mol. The van der Waals surface area contributed by atoms with Crippen molar-refractivity contribution in [2.75, 3.05) is 0 Å². The second kappa shape index (κ2) is 7.95. The summed E-state index contributed by atoms with van der Waals surface area (Å²) < 4.78 is 45.3. The number of benzene rings is 2. The van der Waals surface area contributed by atoms with E-state index in [4.69, 9.17) is 4.42 Å². The van der Waals surface area contributed by atoms with Gasteiger partial charge in [0.05, 0.1) is 15.7 Å². The minimum absolute atomic E-state index is 0.0801. The van der Waals surface area contributed by atoms with Gasteiger partial charge in [0, 0.05) is 23.1 Å². The minimum Gasteiger partial charge on any atom is -0.419 e. The molecule has 0 aliphatic heterocycles. The van der Waals surface area contributed by atoms with Gasteiger partial charge < -0.3 is 4.42 Å². The molecule has 2 aromatic carbocycles. The molecule has 0 N–H and O–H groups in total. The van der Waals surface area contributed by atoms with E-state index in [0.717, 1.165) is 11.8 Å². The summed E-state index contributed by atoms with van der Waals surface area (Å²) in [5, 5.41) is 18.8. The summed E-state index contributed by atoms with van der Waals surface area (Å²) in [5.41, 5.74) is 0.577. The number of nitro groups is 1. The van der Waals surface area contributed by atoms with Crippen molar-refractivity contribution in [2.24, 2.45) is 0 Å². The van der Waals surface area contributed by atoms with E-state index >= 15 is 0 Å². The third-order valence-electron chi connectivity index (χ3n) is 4.22. The van der Waals surface area contributed by atoms with Crippen LogP contribution in [0.25, 0.3) is 22.4 Å². The number of nitrogens with zero attached hydrogens (tertiary/aromatic N) is 5. The first-order valence-corrected chi connectivity index (χ1v) is 9.69. The Bertz CT molecular complexity index is 1260. The lowest BCUT2D eigenvalue weighted by Gasteiger charge is -2.12. The van der Waals surface area contributed by atoms with E-state index in [1.165, 1.54) is 30.3 Å². The highest BCUT2D eigenvalue weighted by atomic mass is 32.2. The SMILES string of the molecule is C[C@@H](Sc1nc(C(F)(F)F)nc2ccccc12)c1nnc(-c2ccc([N+](=O)[O-])cc2)o1. The zero-order valence-corrected chi connectivity index (χ0v) is 16.5. The summed E-state index contributed by atoms with van der Waals surface area (Å²) >= 11 is 1.03. The predicted octanol–water partition coefficient (Wildman–Crippen LogP) is 5.46. The lowest BCUT2D eigenvalue weighted by Crippen LogP contribution is -2.12. The maximum Gasteiger partial charge on any atom is 0.451 e. The molecule has 2 heterocycles. The molecule has 1 atom stereocenters. The van der Waals surface area contributed by atoms with Crippen LogP contribution in [-0.4, -0.2) is 25.1 Å². The Hall–Kier alpha value is -3.54. The topological polar surface area (TPSA) is 108 Å². The number of fused-ring (bicyclic) bond motifs is 1. The van der Waals surface area contributed by atoms with E-state index in [1.807, 2.05) is 0 Å². The highest BCUT2D eigenvalue weighted by molar-refractivity contribution is 7.99. The Morgan fingerprint density at radius 2 is 1.77 bits per heavy atom. The number of non-ortho nitro benzene ring substituents is 1. The molecule has 0 bridgehead atoms. The van der Waals surface area contributed by atoms with Crippen molar-refractivity contribution in [2.45, 2.75) is 23.4 Å². The Morgan fingerprint density at radius 3 is 2.45 bits per heavy atom. The van der Waals surface area contributed by atoms with Gasteiger partial charge in [-0.15, -0.1) is 10.2 Å². The van der Waals surface area contributed by atoms with Gasteiger partial charge in [-0.3, -0.25) is 10.1 Å². The van der Waals surface area contributed by atoms with E-state index in [-0.39, 0.29) is 28.0 Å². The lowest BCUT2D eigenvalue weighted by molar-refractivity contribution is -0.384. The van der Waals surface area contributed by atoms with Gasteiger partial charge in [-0.2, -0.15) is 13.2 Å². The predicted molar refractivity (Wildman–Crippen MR) is 105 cm³/mol. The van der Waals surface area contributed by atoms with Gasteiger partial charge in [0.2, 0.25) is 17.6 Å². The summed E-state index contributed by atoms with van der Waals surface area (Å²) in [6, 6.07) is 12.0. The van der Waals surface area contributed by atoms with Crippen molar-refractivity contribution in [3.05, 3.63) is 70.4 Å². The molecule has 0 aliphatic rings. The number of para-hydroxylation sites is 1. The van der Waals surface area contributed by atoms with Crippen LogP contribution in [0.15, 0.2) is 58.0 Å². The number of alkyl halides is 3. The van der Waals surface area contributed by atoms with Crippen LogP contribution < -0.4 is 0 Å². The molecule has 2 aromatic heterocycles. The first-order valence-electron chi connectivity index (χ1n) is 8.81. The molecule has 0 spiro atoms. The van der Waals surface area contributed by atoms with E-state index in [0.29, 0.717) is 10.9 Å². The summed E-state index contributed by atoms with van der Waals surface area (Å²) in [4.78, 5) is 17.5. The Kier molecular flexibility index (Phi) is 5.31. The van der Waals surface area contributed by atoms with Crippen LogP contribution in [0.1, 0.15) is 23.9 Å². The molecule has 0 fully saturated rings. The van der Waals surface area contributed by atoms with E-state index in [2.05, 4.69) is 20.2 Å². The first kappa shape index (κ1) is 20.7. The zero-order chi connectivity index (χ0) is 22.2. The normalized spacial score (nSPS) is 12.8. The molecular formula is C19H12F3N5O3S. The number of aromatic nitrogens is 4. The molecule has 0 aliphatic carbocycles. The number of nitro benzene ring substituents is 1. The molecule has 4 rings (SSSR count). The molecule has 0 radical (unpaired) electrons. The molecule has 8 nitrogen and oxygen atoms in total. The number of rotatable bonds is 5. The van der Waals surface area contributed by atoms with Gasteiger partial charge in [-0.05, 0) is 25.1 Å². The molecule has 31 heavy (non-hydrogen) atoms. The maximum atomic E-state index is 13.2. The largest absolute Gasteiger partial charge is 0.451 e. The van der Waals surface area contributed by atoms with Gasteiger partial charge in [-0.25, -0.2) is 9.97 Å².